The SMILES string of the molecule is COc1cccc(CN2CC/C(=C\C3=C(C(=O)O)N4C(=O)[C@@H](NC(=O)/C(=N\O)c5csc(N)n5)[C@H]4SC3)C2=O)c1. The number of fused-ring (bicyclic) bond motifs is 1. The van der Waals surface area contributed by atoms with Crippen molar-refractivity contribution >= 4 is 57.6 Å². The summed E-state index contributed by atoms with van der Waals surface area (Å²) in [5.41, 5.74) is 6.68. The predicted molar refractivity (Wildman–Crippen MR) is 146 cm³/mol. The third-order valence-corrected chi connectivity index (χ3v) is 8.61. The lowest BCUT2D eigenvalue weighted by atomic mass is 10.0. The molecule has 3 aliphatic rings. The second-order valence-electron chi connectivity index (χ2n) is 9.06. The normalized spacial score (nSPS) is 21.9. The van der Waals surface area contributed by atoms with Crippen molar-refractivity contribution in [3.05, 3.63) is 63.8 Å². The van der Waals surface area contributed by atoms with E-state index in [0.717, 1.165) is 21.8 Å². The van der Waals surface area contributed by atoms with Gasteiger partial charge in [-0.05, 0) is 35.8 Å². The molecule has 0 bridgehead atoms. The fraction of sp³-hybridized carbons (Fsp3) is 0.280. The Labute approximate surface area is 236 Å². The van der Waals surface area contributed by atoms with Gasteiger partial charge in [0.15, 0.2) is 10.8 Å². The zero-order valence-corrected chi connectivity index (χ0v) is 22.7. The van der Waals surface area contributed by atoms with Crippen LogP contribution in [0.15, 0.2) is 57.7 Å². The number of carboxylic acids is 1. The Morgan fingerprint density at radius 1 is 1.35 bits per heavy atom. The number of carboxylic acid groups (broad SMARTS) is 1. The molecule has 15 heteroatoms. The number of carbonyl (C=O) groups is 4. The van der Waals surface area contributed by atoms with Crippen LogP contribution in [0.5, 0.6) is 5.75 Å². The summed E-state index contributed by atoms with van der Waals surface area (Å²) < 4.78 is 5.24. The molecule has 1 aromatic carbocycles. The number of rotatable bonds is 8. The van der Waals surface area contributed by atoms with Crippen molar-refractivity contribution < 1.29 is 34.2 Å². The van der Waals surface area contributed by atoms with E-state index < -0.39 is 34.9 Å². The van der Waals surface area contributed by atoms with Crippen LogP contribution < -0.4 is 15.8 Å². The molecule has 0 spiro atoms. The van der Waals surface area contributed by atoms with Crippen molar-refractivity contribution in [2.75, 3.05) is 25.1 Å². The first-order valence-electron chi connectivity index (χ1n) is 12.0. The summed E-state index contributed by atoms with van der Waals surface area (Å²) in [5, 5.41) is 25.7. The number of nitrogens with zero attached hydrogens (tertiary/aromatic N) is 4. The van der Waals surface area contributed by atoms with E-state index in [-0.39, 0.29) is 28.2 Å². The summed E-state index contributed by atoms with van der Waals surface area (Å²) in [5.74, 6) is -2.11. The molecule has 13 nitrogen and oxygen atoms in total. The number of ether oxygens (including phenoxy) is 1. The monoisotopic (exact) mass is 584 g/mol. The van der Waals surface area contributed by atoms with Crippen molar-refractivity contribution in [3.63, 3.8) is 0 Å². The molecule has 2 fully saturated rings. The number of hydrogen-bond donors (Lipinski definition) is 4. The van der Waals surface area contributed by atoms with Crippen LogP contribution in [0.2, 0.25) is 0 Å². The van der Waals surface area contributed by atoms with Crippen molar-refractivity contribution in [1.82, 2.24) is 20.1 Å². The maximum atomic E-state index is 13.1. The number of carbonyl (C=O) groups excluding carboxylic acids is 3. The fourth-order valence-corrected chi connectivity index (χ4v) is 6.58. The van der Waals surface area contributed by atoms with E-state index in [1.807, 2.05) is 24.3 Å². The minimum absolute atomic E-state index is 0.0455. The van der Waals surface area contributed by atoms with Gasteiger partial charge in [-0.15, -0.1) is 23.1 Å². The zero-order chi connectivity index (χ0) is 28.6. The largest absolute Gasteiger partial charge is 0.497 e. The van der Waals surface area contributed by atoms with Crippen LogP contribution in [0.25, 0.3) is 0 Å². The number of likely N-dealkylation sites (tertiary alicyclic amines) is 1. The second kappa shape index (κ2) is 11.0. The number of oxime groups is 1. The van der Waals surface area contributed by atoms with Gasteiger partial charge in [0.05, 0.1) is 7.11 Å². The highest BCUT2D eigenvalue weighted by molar-refractivity contribution is 8.00. The number of hydrogen-bond acceptors (Lipinski definition) is 11. The third-order valence-electron chi connectivity index (χ3n) is 6.64. The molecule has 5 N–H and O–H groups in total. The van der Waals surface area contributed by atoms with Gasteiger partial charge in [-0.2, -0.15) is 0 Å². The Kier molecular flexibility index (Phi) is 7.49. The smallest absolute Gasteiger partial charge is 0.352 e. The minimum Gasteiger partial charge on any atom is -0.497 e. The van der Waals surface area contributed by atoms with Gasteiger partial charge in [0.25, 0.3) is 11.8 Å². The molecule has 0 unspecified atom stereocenters. The maximum absolute atomic E-state index is 13.1. The number of nitrogen functional groups attached to an aromatic ring is 1. The van der Waals surface area contributed by atoms with Gasteiger partial charge >= 0.3 is 5.97 Å². The number of allylic oxidation sites excluding steroid dienone is 1. The Balaban J connectivity index is 1.31. The van der Waals surface area contributed by atoms with Crippen molar-refractivity contribution in [3.8, 4) is 5.75 Å². The van der Waals surface area contributed by atoms with Crippen LogP contribution in [-0.4, -0.2) is 85.3 Å². The Hall–Kier alpha value is -4.37. The van der Waals surface area contributed by atoms with Crippen LogP contribution in [0.1, 0.15) is 17.7 Å². The lowest BCUT2D eigenvalue weighted by molar-refractivity contribution is -0.150. The maximum Gasteiger partial charge on any atom is 0.352 e. The highest BCUT2D eigenvalue weighted by Crippen LogP contribution is 2.41. The quantitative estimate of drug-likeness (QED) is 0.115. The molecule has 3 aliphatic heterocycles. The zero-order valence-electron chi connectivity index (χ0n) is 21.1. The van der Waals surface area contributed by atoms with E-state index in [9.17, 15) is 29.5 Å². The molecule has 0 radical (unpaired) electrons. The second-order valence-corrected chi connectivity index (χ2v) is 11.1. The summed E-state index contributed by atoms with van der Waals surface area (Å²) >= 11 is 2.31. The highest BCUT2D eigenvalue weighted by Gasteiger charge is 2.54. The summed E-state index contributed by atoms with van der Waals surface area (Å²) in [6.45, 7) is 0.858. The number of aromatic nitrogens is 1. The van der Waals surface area contributed by atoms with E-state index in [0.29, 0.717) is 36.4 Å². The van der Waals surface area contributed by atoms with Gasteiger partial charge in [-0.25, -0.2) is 9.78 Å². The number of nitrogens with one attached hydrogen (secondary N) is 1. The fourth-order valence-electron chi connectivity index (χ4n) is 4.73. The van der Waals surface area contributed by atoms with E-state index in [2.05, 4.69) is 15.5 Å². The number of thiazole rings is 1. The van der Waals surface area contributed by atoms with Gasteiger partial charge in [0, 0.05) is 29.8 Å². The topological polar surface area (TPSA) is 188 Å². The van der Waals surface area contributed by atoms with E-state index in [1.54, 1.807) is 18.1 Å². The average Bonchev–Trinajstić information content (AvgIpc) is 3.52. The Morgan fingerprint density at radius 2 is 2.15 bits per heavy atom. The lowest BCUT2D eigenvalue weighted by Crippen LogP contribution is -2.71. The average molecular weight is 585 g/mol. The Bertz CT molecular complexity index is 1500. The highest BCUT2D eigenvalue weighted by atomic mass is 32.2. The number of benzene rings is 1. The molecule has 0 saturated carbocycles. The molecule has 0 aliphatic carbocycles. The first kappa shape index (κ1) is 27.2. The molecule has 2 saturated heterocycles. The number of β-lactam (4-membered cyclic amide) rings is 1. The van der Waals surface area contributed by atoms with Gasteiger partial charge < -0.3 is 31.0 Å². The first-order valence-corrected chi connectivity index (χ1v) is 13.9. The van der Waals surface area contributed by atoms with Gasteiger partial charge in [-0.1, -0.05) is 17.3 Å². The van der Waals surface area contributed by atoms with Crippen LogP contribution in [0, 0.1) is 0 Å². The molecule has 3 amide bonds. The summed E-state index contributed by atoms with van der Waals surface area (Å²) in [7, 11) is 1.57. The Morgan fingerprint density at radius 3 is 2.83 bits per heavy atom. The van der Waals surface area contributed by atoms with Crippen LogP contribution in [-0.2, 0) is 25.7 Å². The molecule has 2 atom stereocenters. The molecule has 40 heavy (non-hydrogen) atoms. The standard InChI is InChI=1S/C25H24N6O7S2/c1-38-15-4-2-3-12(7-15)9-30-6-5-13(21(30)33)8-14-10-39-23-18(22(34)31(23)19(14)24(35)36)28-20(32)17(29-37)16-11-40-25(26)27-16/h2-4,7-8,11,18,23,37H,5-6,9-10H2,1H3,(H2,26,27)(H,28,32)(H,35,36)/b13-8+,29-17-/t18-,23-/m1/s1. The van der Waals surface area contributed by atoms with Crippen LogP contribution in [0.3, 0.4) is 0 Å². The molecule has 4 heterocycles. The molecular weight excluding hydrogens is 560 g/mol. The van der Waals surface area contributed by atoms with Gasteiger partial charge in [0.2, 0.25) is 5.91 Å². The third kappa shape index (κ3) is 5.00. The number of anilines is 1. The number of nitrogens with two attached hydrogens (primary N) is 1. The van der Waals surface area contributed by atoms with Crippen LogP contribution >= 0.6 is 23.1 Å². The first-order chi connectivity index (χ1) is 19.2. The lowest BCUT2D eigenvalue weighted by Gasteiger charge is -2.49. The van der Waals surface area contributed by atoms with E-state index in [1.165, 1.54) is 17.1 Å². The van der Waals surface area contributed by atoms with Gasteiger partial charge in [0.1, 0.15) is 28.6 Å². The van der Waals surface area contributed by atoms with E-state index in [4.69, 9.17) is 10.5 Å². The molecule has 2 aromatic rings. The number of aliphatic carboxylic acids is 1. The molecule has 1 aromatic heterocycles. The number of thioether (sulfide) groups is 1. The molecule has 5 rings (SSSR count). The van der Waals surface area contributed by atoms with Crippen LogP contribution in [0.4, 0.5) is 5.13 Å². The molecular formula is C25H24N6O7S2. The number of methoxy groups -OCH3 is 1. The molecule has 208 valence electrons. The van der Waals surface area contributed by atoms with Crippen molar-refractivity contribution in [2.45, 2.75) is 24.4 Å². The van der Waals surface area contributed by atoms with E-state index >= 15 is 0 Å². The van der Waals surface area contributed by atoms with Gasteiger partial charge in [-0.3, -0.25) is 19.3 Å². The summed E-state index contributed by atoms with van der Waals surface area (Å²) in [6.07, 6.45) is 1.99. The predicted octanol–water partition coefficient (Wildman–Crippen LogP) is 1.01. The number of amides is 3. The summed E-state index contributed by atoms with van der Waals surface area (Å²) in [6, 6.07) is 6.37. The summed E-state index contributed by atoms with van der Waals surface area (Å²) in [4.78, 5) is 57.7. The van der Waals surface area contributed by atoms with Crippen molar-refractivity contribution in [1.29, 1.82) is 0 Å². The van der Waals surface area contributed by atoms with Crippen molar-refractivity contribution in [2.24, 2.45) is 5.16 Å². The minimum atomic E-state index is -1.32.